The average molecular weight is 386 g/mol. The molecule has 0 rings (SSSR count). The van der Waals surface area contributed by atoms with Crippen LogP contribution in [0, 0.1) is 5.41 Å². The molecular weight excluding hydrogens is 374 g/mol. The molecule has 0 saturated heterocycles. The van der Waals surface area contributed by atoms with E-state index in [1.165, 1.54) is 11.8 Å². The van der Waals surface area contributed by atoms with Crippen LogP contribution < -0.4 is 5.73 Å². The van der Waals surface area contributed by atoms with Gasteiger partial charge in [-0.2, -0.15) is 0 Å². The lowest BCUT2D eigenvalue weighted by Crippen LogP contribution is -2.05. The monoisotopic (exact) mass is 386 g/mol. The van der Waals surface area contributed by atoms with E-state index in [0.29, 0.717) is 3.92 Å². The Kier molecular flexibility index (Phi) is 11.6. The van der Waals surface area contributed by atoms with Crippen LogP contribution in [0.25, 0.3) is 0 Å². The molecule has 10 heavy (non-hydrogen) atoms. The summed E-state index contributed by atoms with van der Waals surface area (Å²) < 4.78 is 0.689. The second kappa shape index (κ2) is 8.38. The molecule has 0 heterocycles. The zero-order chi connectivity index (χ0) is 7.28. The first kappa shape index (κ1) is 13.8. The van der Waals surface area contributed by atoms with Crippen LogP contribution in [-0.2, 0) is 0 Å². The Balaban J connectivity index is 0. The van der Waals surface area contributed by atoms with Crippen molar-refractivity contribution in [1.29, 1.82) is 5.41 Å². The summed E-state index contributed by atoms with van der Waals surface area (Å²) >= 11 is 3.78. The highest BCUT2D eigenvalue weighted by molar-refractivity contribution is 14.1. The fraction of sp³-hybridized carbons (Fsp3) is 0.800. The summed E-state index contributed by atoms with van der Waals surface area (Å²) in [6.45, 7) is 2.15. The summed E-state index contributed by atoms with van der Waals surface area (Å²) in [6, 6.07) is 0. The van der Waals surface area contributed by atoms with Crippen molar-refractivity contribution in [2.24, 2.45) is 5.73 Å². The molecule has 0 fully saturated rings. The third-order valence-corrected chi connectivity index (χ3v) is 2.15. The van der Waals surface area contributed by atoms with Gasteiger partial charge in [0.2, 0.25) is 0 Å². The molecule has 1 unspecified atom stereocenters. The third-order valence-electron chi connectivity index (χ3n) is 0.773. The number of halogens is 2. The summed E-state index contributed by atoms with van der Waals surface area (Å²) in [4.78, 5) is 0. The number of rotatable bonds is 3. The predicted octanol–water partition coefficient (Wildman–Crippen LogP) is 2.44. The molecule has 0 radical (unpaired) electrons. The van der Waals surface area contributed by atoms with E-state index in [4.69, 9.17) is 11.1 Å². The number of nitrogens with one attached hydrogen (secondary N) is 1. The number of amidine groups is 1. The highest BCUT2D eigenvalue weighted by Crippen LogP contribution is 2.09. The van der Waals surface area contributed by atoms with Gasteiger partial charge in [-0.05, 0) is 6.42 Å². The van der Waals surface area contributed by atoms with Crippen molar-refractivity contribution in [3.8, 4) is 0 Å². The third kappa shape index (κ3) is 12.0. The smallest absolute Gasteiger partial charge is 0.151 e. The molecule has 1 atom stereocenters. The van der Waals surface area contributed by atoms with Gasteiger partial charge in [-0.1, -0.05) is 41.3 Å². The molecule has 0 aromatic heterocycles. The zero-order valence-electron chi connectivity index (χ0n) is 5.76. The first-order valence-electron chi connectivity index (χ1n) is 2.74. The van der Waals surface area contributed by atoms with Crippen molar-refractivity contribution >= 4 is 63.5 Å². The number of alkyl halides is 1. The van der Waals surface area contributed by atoms with E-state index in [-0.39, 0.29) is 29.1 Å². The fourth-order valence-corrected chi connectivity index (χ4v) is 1.76. The van der Waals surface area contributed by atoms with Crippen molar-refractivity contribution in [3.05, 3.63) is 0 Å². The van der Waals surface area contributed by atoms with E-state index in [1.807, 2.05) is 0 Å². The minimum Gasteiger partial charge on any atom is -0.379 e. The molecule has 0 saturated carbocycles. The van der Waals surface area contributed by atoms with E-state index in [9.17, 15) is 0 Å². The number of thioether (sulfide) groups is 1. The van der Waals surface area contributed by atoms with Crippen molar-refractivity contribution in [2.45, 2.75) is 17.3 Å². The maximum absolute atomic E-state index is 6.88. The Hall–Kier alpha value is 1.28. The maximum atomic E-state index is 6.88. The number of hydrogen-bond donors (Lipinski definition) is 2. The van der Waals surface area contributed by atoms with Crippen LogP contribution in [0.2, 0.25) is 0 Å². The normalized spacial score (nSPS) is 11.8. The van der Waals surface area contributed by atoms with Gasteiger partial charge in [-0.3, -0.25) is 5.41 Å². The van der Waals surface area contributed by atoms with Gasteiger partial charge >= 0.3 is 0 Å². The summed E-state index contributed by atoms with van der Waals surface area (Å²) in [5, 5.41) is 7.11. The molecule has 62 valence electrons. The van der Waals surface area contributed by atoms with Crippen molar-refractivity contribution in [2.75, 3.05) is 5.75 Å². The number of nitrogens with two attached hydrogens (primary N) is 1. The lowest BCUT2D eigenvalue weighted by Gasteiger charge is -1.99. The molecule has 0 aromatic rings. The predicted molar refractivity (Wildman–Crippen MR) is 67.9 cm³/mol. The van der Waals surface area contributed by atoms with E-state index >= 15 is 0 Å². The zero-order valence-corrected chi connectivity index (χ0v) is 11.1. The van der Waals surface area contributed by atoms with Crippen molar-refractivity contribution in [1.82, 2.24) is 0 Å². The Morgan fingerprint density at radius 2 is 2.30 bits per heavy atom. The van der Waals surface area contributed by atoms with Gasteiger partial charge in [0, 0.05) is 9.68 Å². The van der Waals surface area contributed by atoms with Crippen LogP contribution in [-0.4, -0.2) is 14.8 Å². The highest BCUT2D eigenvalue weighted by atomic mass is 127. The Labute approximate surface area is 96.8 Å². The van der Waals surface area contributed by atoms with E-state index in [0.717, 1.165) is 12.2 Å². The molecular formula is C5H12I2N2S. The van der Waals surface area contributed by atoms with Gasteiger partial charge < -0.3 is 5.73 Å². The average Bonchev–Trinajstić information content (AvgIpc) is 1.63. The second-order valence-corrected chi connectivity index (χ2v) is 5.05. The van der Waals surface area contributed by atoms with Gasteiger partial charge in [0.25, 0.3) is 0 Å². The van der Waals surface area contributed by atoms with Crippen LogP contribution >= 0.6 is 58.3 Å². The Morgan fingerprint density at radius 3 is 2.60 bits per heavy atom. The van der Waals surface area contributed by atoms with E-state index < -0.39 is 0 Å². The molecule has 0 amide bonds. The Bertz CT molecular complexity index is 97.6. The first-order valence-corrected chi connectivity index (χ1v) is 4.97. The van der Waals surface area contributed by atoms with Crippen molar-refractivity contribution in [3.63, 3.8) is 0 Å². The summed E-state index contributed by atoms with van der Waals surface area (Å²) in [6.07, 6.45) is 1.13. The van der Waals surface area contributed by atoms with E-state index in [2.05, 4.69) is 29.5 Å². The van der Waals surface area contributed by atoms with Crippen molar-refractivity contribution < 1.29 is 0 Å². The van der Waals surface area contributed by atoms with Gasteiger partial charge in [0.05, 0.1) is 0 Å². The molecule has 0 aliphatic carbocycles. The summed E-state index contributed by atoms with van der Waals surface area (Å²) in [7, 11) is 0. The van der Waals surface area contributed by atoms with Crippen LogP contribution in [0.5, 0.6) is 0 Å². The minimum absolute atomic E-state index is 0. The fourth-order valence-electron chi connectivity index (χ4n) is 0.331. The van der Waals surface area contributed by atoms with Crippen LogP contribution in [0.3, 0.4) is 0 Å². The van der Waals surface area contributed by atoms with Crippen LogP contribution in [0.1, 0.15) is 13.3 Å². The largest absolute Gasteiger partial charge is 0.379 e. The molecule has 0 spiro atoms. The molecule has 0 aliphatic heterocycles. The molecule has 0 aliphatic rings. The molecule has 5 heteroatoms. The standard InChI is InChI=1S/C5H11IN2S.HI/c1-4(6)2-3-9-5(7)8;/h4H,2-3H2,1H3,(H3,7,8);1H. The lowest BCUT2D eigenvalue weighted by molar-refractivity contribution is 0.951. The SMILES string of the molecule is CC(I)CCSC(=N)N.I. The van der Waals surface area contributed by atoms with E-state index in [1.54, 1.807) is 0 Å². The first-order chi connectivity index (χ1) is 4.13. The van der Waals surface area contributed by atoms with Gasteiger partial charge in [0.15, 0.2) is 5.17 Å². The molecule has 0 aromatic carbocycles. The number of hydrogen-bond acceptors (Lipinski definition) is 2. The van der Waals surface area contributed by atoms with Gasteiger partial charge in [0.1, 0.15) is 0 Å². The topological polar surface area (TPSA) is 49.9 Å². The quantitative estimate of drug-likeness (QED) is 0.339. The molecule has 3 N–H and O–H groups in total. The lowest BCUT2D eigenvalue weighted by atomic mass is 10.4. The highest BCUT2D eigenvalue weighted by Gasteiger charge is 1.95. The Morgan fingerprint density at radius 1 is 1.80 bits per heavy atom. The van der Waals surface area contributed by atoms with Gasteiger partial charge in [-0.15, -0.1) is 24.0 Å². The molecule has 2 nitrogen and oxygen atoms in total. The van der Waals surface area contributed by atoms with Crippen LogP contribution in [0.15, 0.2) is 0 Å². The van der Waals surface area contributed by atoms with Crippen LogP contribution in [0.4, 0.5) is 0 Å². The summed E-state index contributed by atoms with van der Waals surface area (Å²) in [5.74, 6) is 0.972. The molecule has 0 bridgehead atoms. The minimum atomic E-state index is 0. The maximum Gasteiger partial charge on any atom is 0.151 e. The second-order valence-electron chi connectivity index (χ2n) is 1.78. The summed E-state index contributed by atoms with van der Waals surface area (Å²) in [5.41, 5.74) is 5.12. The van der Waals surface area contributed by atoms with Gasteiger partial charge in [-0.25, -0.2) is 0 Å².